The summed E-state index contributed by atoms with van der Waals surface area (Å²) in [6.07, 6.45) is 42.7. The lowest BCUT2D eigenvalue weighted by Gasteiger charge is -2.17. The van der Waals surface area contributed by atoms with Crippen molar-refractivity contribution in [1.82, 2.24) is 0 Å². The Labute approximate surface area is 238 Å². The minimum absolute atomic E-state index is 0.894. The van der Waals surface area contributed by atoms with Gasteiger partial charge in [0.05, 0.1) is 0 Å². The normalized spacial score (nSPS) is 13.5. The van der Waals surface area contributed by atoms with Gasteiger partial charge >= 0.3 is 0 Å². The van der Waals surface area contributed by atoms with E-state index in [-0.39, 0.29) is 0 Å². The van der Waals surface area contributed by atoms with Crippen molar-refractivity contribution >= 4 is 0 Å². The zero-order valence-corrected chi connectivity index (χ0v) is 27.2. The second kappa shape index (κ2) is 30.5. The quantitative estimate of drug-likeness (QED) is 0.0797. The summed E-state index contributed by atoms with van der Waals surface area (Å²) in [4.78, 5) is 0. The topological polar surface area (TPSA) is 0 Å². The average molecular weight is 521 g/mol. The molecule has 2 unspecified atom stereocenters. The standard InChI is InChI=1S/C37H76/c1-6-7-8-9-10-11-12-17-20-23-26-29-32-36(4)34-37(5)33-30-27-24-21-18-15-13-14-16-19-22-25-28-31-35(2)3/h35-37H,6-34H2,1-5H3. The molecular formula is C37H76. The van der Waals surface area contributed by atoms with E-state index in [0.29, 0.717) is 0 Å². The van der Waals surface area contributed by atoms with Crippen molar-refractivity contribution in [3.05, 3.63) is 0 Å². The van der Waals surface area contributed by atoms with E-state index in [1.807, 2.05) is 0 Å². The predicted octanol–water partition coefficient (Wildman–Crippen LogP) is 14.2. The van der Waals surface area contributed by atoms with Crippen LogP contribution in [0.4, 0.5) is 0 Å². The van der Waals surface area contributed by atoms with Crippen LogP contribution in [0.25, 0.3) is 0 Å². The van der Waals surface area contributed by atoms with E-state index >= 15 is 0 Å². The van der Waals surface area contributed by atoms with Gasteiger partial charge in [-0.1, -0.05) is 214 Å². The average Bonchev–Trinajstić information content (AvgIpc) is 2.86. The molecule has 0 saturated carbocycles. The number of rotatable bonds is 31. The number of unbranched alkanes of at least 4 members (excludes halogenated alkanes) is 23. The van der Waals surface area contributed by atoms with Crippen LogP contribution in [0.1, 0.15) is 221 Å². The van der Waals surface area contributed by atoms with Gasteiger partial charge in [0.2, 0.25) is 0 Å². The molecule has 0 heteroatoms. The minimum Gasteiger partial charge on any atom is -0.0654 e. The largest absolute Gasteiger partial charge is 0.0654 e. The van der Waals surface area contributed by atoms with Gasteiger partial charge in [0.25, 0.3) is 0 Å². The molecule has 0 radical (unpaired) electrons. The summed E-state index contributed by atoms with van der Waals surface area (Å²) >= 11 is 0. The molecule has 0 aliphatic carbocycles. The molecule has 0 aromatic rings. The lowest BCUT2D eigenvalue weighted by molar-refractivity contribution is 0.356. The molecule has 0 bridgehead atoms. The minimum atomic E-state index is 0.894. The third-order valence-electron chi connectivity index (χ3n) is 8.83. The molecular weight excluding hydrogens is 444 g/mol. The summed E-state index contributed by atoms with van der Waals surface area (Å²) in [5.41, 5.74) is 0. The molecule has 0 saturated heterocycles. The maximum absolute atomic E-state index is 2.52. The van der Waals surface area contributed by atoms with Crippen LogP contribution in [0.2, 0.25) is 0 Å². The molecule has 2 atom stereocenters. The summed E-state index contributed by atoms with van der Waals surface area (Å²) in [6.45, 7) is 12.0. The molecule has 0 fully saturated rings. The first-order chi connectivity index (χ1) is 18.1. The lowest BCUT2D eigenvalue weighted by atomic mass is 9.89. The monoisotopic (exact) mass is 521 g/mol. The zero-order valence-electron chi connectivity index (χ0n) is 27.2. The fraction of sp³-hybridized carbons (Fsp3) is 1.00. The molecule has 0 aliphatic rings. The van der Waals surface area contributed by atoms with Gasteiger partial charge in [0.15, 0.2) is 0 Å². The van der Waals surface area contributed by atoms with Crippen molar-refractivity contribution in [2.75, 3.05) is 0 Å². The molecule has 37 heavy (non-hydrogen) atoms. The van der Waals surface area contributed by atoms with E-state index in [9.17, 15) is 0 Å². The van der Waals surface area contributed by atoms with Crippen molar-refractivity contribution in [2.45, 2.75) is 221 Å². The first kappa shape index (κ1) is 37.0. The molecule has 0 heterocycles. The number of hydrogen-bond acceptors (Lipinski definition) is 0. The molecule has 0 aliphatic heterocycles. The fourth-order valence-electron chi connectivity index (χ4n) is 6.25. The van der Waals surface area contributed by atoms with Crippen LogP contribution in [-0.4, -0.2) is 0 Å². The van der Waals surface area contributed by atoms with E-state index in [1.54, 1.807) is 0 Å². The van der Waals surface area contributed by atoms with E-state index in [1.165, 1.54) is 186 Å². The Bertz CT molecular complexity index is 397. The Morgan fingerprint density at radius 3 is 0.811 bits per heavy atom. The van der Waals surface area contributed by atoms with Crippen LogP contribution in [-0.2, 0) is 0 Å². The molecule has 0 aromatic carbocycles. The second-order valence-corrected chi connectivity index (χ2v) is 13.7. The molecule has 0 amide bonds. The highest BCUT2D eigenvalue weighted by molar-refractivity contribution is 4.61. The molecule has 0 nitrogen and oxygen atoms in total. The smallest absolute Gasteiger partial charge is 0.0440 e. The van der Waals surface area contributed by atoms with Crippen LogP contribution in [0, 0.1) is 17.8 Å². The van der Waals surface area contributed by atoms with Crippen LogP contribution in [0.3, 0.4) is 0 Å². The SMILES string of the molecule is CCCCCCCCCCCCCCC(C)CC(C)CCCCCCCCCCCCCCCC(C)C. The third-order valence-corrected chi connectivity index (χ3v) is 8.83. The first-order valence-electron chi connectivity index (χ1n) is 18.1. The van der Waals surface area contributed by atoms with Gasteiger partial charge < -0.3 is 0 Å². The van der Waals surface area contributed by atoms with Crippen LogP contribution >= 0.6 is 0 Å². The highest BCUT2D eigenvalue weighted by Gasteiger charge is 2.09. The molecule has 0 rings (SSSR count). The van der Waals surface area contributed by atoms with Gasteiger partial charge in [-0.05, 0) is 24.2 Å². The first-order valence-corrected chi connectivity index (χ1v) is 18.1. The summed E-state index contributed by atoms with van der Waals surface area (Å²) in [5, 5.41) is 0. The Kier molecular flexibility index (Phi) is 30.5. The van der Waals surface area contributed by atoms with Crippen LogP contribution in [0.15, 0.2) is 0 Å². The summed E-state index contributed by atoms with van der Waals surface area (Å²) < 4.78 is 0. The number of hydrogen-bond donors (Lipinski definition) is 0. The highest BCUT2D eigenvalue weighted by Crippen LogP contribution is 2.23. The zero-order chi connectivity index (χ0) is 27.2. The van der Waals surface area contributed by atoms with Crippen molar-refractivity contribution in [1.29, 1.82) is 0 Å². The van der Waals surface area contributed by atoms with Crippen molar-refractivity contribution in [3.63, 3.8) is 0 Å². The van der Waals surface area contributed by atoms with Gasteiger partial charge in [0, 0.05) is 0 Å². The van der Waals surface area contributed by atoms with Gasteiger partial charge in [0.1, 0.15) is 0 Å². The fourth-order valence-corrected chi connectivity index (χ4v) is 6.25. The third kappa shape index (κ3) is 32.1. The van der Waals surface area contributed by atoms with E-state index in [2.05, 4.69) is 34.6 Å². The maximum atomic E-state index is 2.52. The van der Waals surface area contributed by atoms with Gasteiger partial charge in [-0.3, -0.25) is 0 Å². The second-order valence-electron chi connectivity index (χ2n) is 13.7. The molecule has 0 N–H and O–H groups in total. The summed E-state index contributed by atoms with van der Waals surface area (Å²) in [6, 6.07) is 0. The van der Waals surface area contributed by atoms with Crippen molar-refractivity contribution in [3.8, 4) is 0 Å². The van der Waals surface area contributed by atoms with E-state index in [0.717, 1.165) is 17.8 Å². The Morgan fingerprint density at radius 1 is 0.297 bits per heavy atom. The van der Waals surface area contributed by atoms with Crippen LogP contribution < -0.4 is 0 Å². The van der Waals surface area contributed by atoms with Crippen LogP contribution in [0.5, 0.6) is 0 Å². The van der Waals surface area contributed by atoms with Gasteiger partial charge in [-0.2, -0.15) is 0 Å². The Hall–Kier alpha value is 0. The lowest BCUT2D eigenvalue weighted by Crippen LogP contribution is -2.03. The van der Waals surface area contributed by atoms with E-state index in [4.69, 9.17) is 0 Å². The Balaban J connectivity index is 3.27. The maximum Gasteiger partial charge on any atom is -0.0440 e. The van der Waals surface area contributed by atoms with Crippen molar-refractivity contribution < 1.29 is 0 Å². The summed E-state index contributed by atoms with van der Waals surface area (Å²) in [5.74, 6) is 2.78. The predicted molar refractivity (Wildman–Crippen MR) is 173 cm³/mol. The van der Waals surface area contributed by atoms with E-state index < -0.39 is 0 Å². The Morgan fingerprint density at radius 2 is 0.541 bits per heavy atom. The van der Waals surface area contributed by atoms with Gasteiger partial charge in [-0.15, -0.1) is 0 Å². The van der Waals surface area contributed by atoms with Crippen molar-refractivity contribution in [2.24, 2.45) is 17.8 Å². The highest BCUT2D eigenvalue weighted by atomic mass is 14.1. The molecule has 224 valence electrons. The van der Waals surface area contributed by atoms with Gasteiger partial charge in [-0.25, -0.2) is 0 Å². The summed E-state index contributed by atoms with van der Waals surface area (Å²) in [7, 11) is 0. The molecule has 0 spiro atoms. The molecule has 0 aromatic heterocycles.